The van der Waals surface area contributed by atoms with Crippen LogP contribution in [0.3, 0.4) is 0 Å². The largest absolute Gasteiger partial charge is 0.480 e. The number of carboxylic acids is 1. The Morgan fingerprint density at radius 2 is 1.55 bits per heavy atom. The van der Waals surface area contributed by atoms with Crippen LogP contribution in [-0.2, 0) is 26.8 Å². The molecular weight excluding hydrogens is 302 g/mol. The van der Waals surface area contributed by atoms with E-state index in [1.807, 2.05) is 0 Å². The van der Waals surface area contributed by atoms with Gasteiger partial charge in [-0.1, -0.05) is 42.5 Å². The summed E-state index contributed by atoms with van der Waals surface area (Å²) >= 11 is 0. The highest BCUT2D eigenvalue weighted by Crippen LogP contribution is 2.16. The Labute approximate surface area is 129 Å². The fourth-order valence-electron chi connectivity index (χ4n) is 2.04. The second-order valence-electron chi connectivity index (χ2n) is 5.04. The summed E-state index contributed by atoms with van der Waals surface area (Å²) in [6.07, 6.45) is 0.209. The number of benzene rings is 2. The van der Waals surface area contributed by atoms with Gasteiger partial charge in [-0.3, -0.25) is 4.79 Å². The molecule has 0 aliphatic carbocycles. The minimum absolute atomic E-state index is 0.0950. The van der Waals surface area contributed by atoms with E-state index in [1.54, 1.807) is 54.6 Å². The first-order valence-corrected chi connectivity index (χ1v) is 8.38. The molecule has 0 aromatic heterocycles. The summed E-state index contributed by atoms with van der Waals surface area (Å²) in [5.74, 6) is -1.15. The fourth-order valence-corrected chi connectivity index (χ4v) is 3.41. The third-order valence-corrected chi connectivity index (χ3v) is 4.96. The molecule has 0 amide bonds. The van der Waals surface area contributed by atoms with E-state index >= 15 is 0 Å². The van der Waals surface area contributed by atoms with E-state index in [1.165, 1.54) is 0 Å². The molecular formula is C16H17NO4S. The molecule has 0 aliphatic rings. The van der Waals surface area contributed by atoms with Crippen LogP contribution >= 0.6 is 0 Å². The number of rotatable bonds is 6. The van der Waals surface area contributed by atoms with Crippen LogP contribution in [0.15, 0.2) is 59.5 Å². The monoisotopic (exact) mass is 319 g/mol. The van der Waals surface area contributed by atoms with Crippen molar-refractivity contribution in [3.63, 3.8) is 0 Å². The third-order valence-electron chi connectivity index (χ3n) is 3.25. The van der Waals surface area contributed by atoms with Gasteiger partial charge in [0, 0.05) is 0 Å². The molecule has 2 aromatic carbocycles. The average molecular weight is 319 g/mol. The Morgan fingerprint density at radius 1 is 1.00 bits per heavy atom. The van der Waals surface area contributed by atoms with Gasteiger partial charge in [0.2, 0.25) is 0 Å². The van der Waals surface area contributed by atoms with Gasteiger partial charge in [-0.05, 0) is 29.7 Å². The first-order chi connectivity index (χ1) is 10.4. The minimum Gasteiger partial charge on any atom is -0.480 e. The summed E-state index contributed by atoms with van der Waals surface area (Å²) in [7, 11) is -3.38. The van der Waals surface area contributed by atoms with Crippen LogP contribution in [0, 0.1) is 0 Å². The molecule has 2 aromatic rings. The zero-order chi connectivity index (χ0) is 16.2. The molecule has 0 fully saturated rings. The Bertz CT molecular complexity index is 739. The topological polar surface area (TPSA) is 97.5 Å². The number of hydrogen-bond donors (Lipinski definition) is 2. The standard InChI is InChI=1S/C16H17NO4S/c17-15(16(18)19)10-12-6-8-13(9-7-12)11-22(20,21)14-4-2-1-3-5-14/h1-9,15H,10-11,17H2,(H,18,19)/t15-/m1/s1. The molecule has 0 saturated carbocycles. The molecule has 0 saturated heterocycles. The van der Waals surface area contributed by atoms with Gasteiger partial charge in [0.1, 0.15) is 6.04 Å². The maximum atomic E-state index is 12.3. The minimum atomic E-state index is -3.38. The van der Waals surface area contributed by atoms with Gasteiger partial charge in [0.25, 0.3) is 0 Å². The lowest BCUT2D eigenvalue weighted by atomic mass is 10.1. The van der Waals surface area contributed by atoms with Crippen LogP contribution in [0.25, 0.3) is 0 Å². The number of aliphatic carboxylic acids is 1. The van der Waals surface area contributed by atoms with E-state index in [-0.39, 0.29) is 17.1 Å². The molecule has 0 bridgehead atoms. The van der Waals surface area contributed by atoms with Crippen molar-refractivity contribution in [3.05, 3.63) is 65.7 Å². The van der Waals surface area contributed by atoms with Gasteiger partial charge in [-0.2, -0.15) is 0 Å². The van der Waals surface area contributed by atoms with Crippen molar-refractivity contribution in [1.29, 1.82) is 0 Å². The Morgan fingerprint density at radius 3 is 2.09 bits per heavy atom. The molecule has 116 valence electrons. The first-order valence-electron chi connectivity index (χ1n) is 6.72. The SMILES string of the molecule is N[C@H](Cc1ccc(CS(=O)(=O)c2ccccc2)cc1)C(=O)O. The summed E-state index contributed by atoms with van der Waals surface area (Å²) in [6, 6.07) is 14.1. The molecule has 6 heteroatoms. The summed E-state index contributed by atoms with van der Waals surface area (Å²) in [5.41, 5.74) is 6.88. The predicted molar refractivity (Wildman–Crippen MR) is 83.1 cm³/mol. The van der Waals surface area contributed by atoms with E-state index in [9.17, 15) is 13.2 Å². The Balaban J connectivity index is 2.10. The molecule has 0 unspecified atom stereocenters. The van der Waals surface area contributed by atoms with E-state index in [4.69, 9.17) is 10.8 Å². The predicted octanol–water partition coefficient (Wildman–Crippen LogP) is 1.61. The lowest BCUT2D eigenvalue weighted by molar-refractivity contribution is -0.138. The van der Waals surface area contributed by atoms with Crippen molar-refractivity contribution in [2.24, 2.45) is 5.73 Å². The molecule has 0 spiro atoms. The molecule has 2 rings (SSSR count). The first kappa shape index (κ1) is 16.2. The smallest absolute Gasteiger partial charge is 0.320 e. The summed E-state index contributed by atoms with van der Waals surface area (Å²) in [4.78, 5) is 11.0. The van der Waals surface area contributed by atoms with Gasteiger partial charge < -0.3 is 10.8 Å². The van der Waals surface area contributed by atoms with Crippen molar-refractivity contribution in [3.8, 4) is 0 Å². The second-order valence-corrected chi connectivity index (χ2v) is 7.03. The molecule has 3 N–H and O–H groups in total. The lowest BCUT2D eigenvalue weighted by Crippen LogP contribution is -2.32. The summed E-state index contributed by atoms with van der Waals surface area (Å²) < 4.78 is 24.5. The Kier molecular flexibility index (Phi) is 4.95. The van der Waals surface area contributed by atoms with Crippen molar-refractivity contribution >= 4 is 15.8 Å². The molecule has 0 heterocycles. The lowest BCUT2D eigenvalue weighted by Gasteiger charge is -2.08. The normalized spacial score (nSPS) is 12.8. The van der Waals surface area contributed by atoms with Gasteiger partial charge >= 0.3 is 5.97 Å². The maximum Gasteiger partial charge on any atom is 0.320 e. The van der Waals surface area contributed by atoms with Crippen LogP contribution in [0.4, 0.5) is 0 Å². The number of sulfone groups is 1. The van der Waals surface area contributed by atoms with E-state index in [0.717, 1.165) is 5.56 Å². The second kappa shape index (κ2) is 6.72. The van der Waals surface area contributed by atoms with Crippen LogP contribution in [0.5, 0.6) is 0 Å². The number of carboxylic acid groups (broad SMARTS) is 1. The summed E-state index contributed by atoms with van der Waals surface area (Å²) in [5, 5.41) is 8.77. The van der Waals surface area contributed by atoms with Gasteiger partial charge in [0.15, 0.2) is 9.84 Å². The number of nitrogens with two attached hydrogens (primary N) is 1. The van der Waals surface area contributed by atoms with E-state index in [2.05, 4.69) is 0 Å². The highest BCUT2D eigenvalue weighted by Gasteiger charge is 2.15. The van der Waals surface area contributed by atoms with Crippen molar-refractivity contribution in [2.45, 2.75) is 23.1 Å². The Hall–Kier alpha value is -2.18. The molecule has 1 atom stereocenters. The number of hydrogen-bond acceptors (Lipinski definition) is 4. The van der Waals surface area contributed by atoms with Crippen molar-refractivity contribution in [1.82, 2.24) is 0 Å². The molecule has 0 aliphatic heterocycles. The summed E-state index contributed by atoms with van der Waals surface area (Å²) in [6.45, 7) is 0. The number of carbonyl (C=O) groups is 1. The van der Waals surface area contributed by atoms with E-state index < -0.39 is 21.8 Å². The average Bonchev–Trinajstić information content (AvgIpc) is 2.50. The van der Waals surface area contributed by atoms with E-state index in [0.29, 0.717) is 5.56 Å². The van der Waals surface area contributed by atoms with Crippen LogP contribution in [0.2, 0.25) is 0 Å². The third kappa shape index (κ3) is 4.16. The van der Waals surface area contributed by atoms with Gasteiger partial charge in [0.05, 0.1) is 10.6 Å². The van der Waals surface area contributed by atoms with Crippen LogP contribution in [-0.4, -0.2) is 25.5 Å². The van der Waals surface area contributed by atoms with Crippen LogP contribution in [0.1, 0.15) is 11.1 Å². The van der Waals surface area contributed by atoms with Gasteiger partial charge in [-0.15, -0.1) is 0 Å². The zero-order valence-electron chi connectivity index (χ0n) is 11.8. The maximum absolute atomic E-state index is 12.3. The highest BCUT2D eigenvalue weighted by atomic mass is 32.2. The van der Waals surface area contributed by atoms with Crippen molar-refractivity contribution in [2.75, 3.05) is 0 Å². The fraction of sp³-hybridized carbons (Fsp3) is 0.188. The zero-order valence-corrected chi connectivity index (χ0v) is 12.7. The van der Waals surface area contributed by atoms with Crippen LogP contribution < -0.4 is 5.73 Å². The molecule has 5 nitrogen and oxygen atoms in total. The molecule has 0 radical (unpaired) electrons. The quantitative estimate of drug-likeness (QED) is 0.843. The van der Waals surface area contributed by atoms with Gasteiger partial charge in [-0.25, -0.2) is 8.42 Å². The molecule has 22 heavy (non-hydrogen) atoms. The van der Waals surface area contributed by atoms with Crippen molar-refractivity contribution < 1.29 is 18.3 Å². The highest BCUT2D eigenvalue weighted by molar-refractivity contribution is 7.90.